The van der Waals surface area contributed by atoms with Crippen molar-refractivity contribution in [2.45, 2.75) is 331 Å². The van der Waals surface area contributed by atoms with Gasteiger partial charge in [0.1, 0.15) is 29.5 Å². The summed E-state index contributed by atoms with van der Waals surface area (Å²) in [7, 11) is 0. The minimum absolute atomic E-state index is 0.0943. The second kappa shape index (κ2) is 21.9. The van der Waals surface area contributed by atoms with Crippen molar-refractivity contribution in [2.75, 3.05) is 13.2 Å². The molecule has 0 bridgehead atoms. The second-order valence-electron chi connectivity index (χ2n) is 28.0. The zero-order chi connectivity index (χ0) is 55.8. The highest BCUT2D eigenvalue weighted by Gasteiger charge is 2.64. The van der Waals surface area contributed by atoms with Crippen LogP contribution in [0.1, 0.15) is 150 Å². The number of aliphatic hydroxyl groups is 5. The molecule has 0 aromatic rings. The Morgan fingerprint density at radius 3 is 1.70 bits per heavy atom. The standard InChI is InChI=1S/C62H92O19/c1-32-21-41-45(26-47-49(73-41)28-53(66)61(5)57(77-47)30-59(3)55(79-61)16-15-54-58(2,81-59)18-19-62(67,31-63)80-54)75-50-29-56-60(4,78-51(50)22-32)52(65)27-48-37(76-56)10-7-6-9-34-35(71-48)11-8-12-36-38(69-34)13-14-39-43(70-36)25-46-44(72-39)24-40-42(74-46)23-33(64)17-20-68-40/h6-8,11,13-14,32-57,63-67H,9-10,12,15-31H2,1-5H3/b7-6+,11-8-/t32-,33+,34-,35+,36-,37+,38+,39-,40-,41+,42+,43+,44+,45-,46-,47+,48-,49-,50+,51-,52-,53+,54+,55-,56-,57-,58-,59+,60+,61+,62+/m1/s1. The van der Waals surface area contributed by atoms with E-state index >= 15 is 0 Å². The summed E-state index contributed by atoms with van der Waals surface area (Å²) < 4.78 is 96.8. The summed E-state index contributed by atoms with van der Waals surface area (Å²) in [6.07, 6.45) is 13.7. The Morgan fingerprint density at radius 1 is 0.432 bits per heavy atom. The Hall–Kier alpha value is -1.54. The molecule has 11 saturated heterocycles. The fourth-order valence-electron chi connectivity index (χ4n) is 17.3. The molecule has 11 fully saturated rings. The van der Waals surface area contributed by atoms with Crippen molar-refractivity contribution in [3.8, 4) is 0 Å². The summed E-state index contributed by atoms with van der Waals surface area (Å²) in [5, 5.41) is 56.1. The van der Waals surface area contributed by atoms with Gasteiger partial charge in [-0.1, -0.05) is 43.4 Å². The number of rotatable bonds is 1. The maximum absolute atomic E-state index is 12.5. The van der Waals surface area contributed by atoms with Crippen molar-refractivity contribution < 1.29 is 91.8 Å². The predicted molar refractivity (Wildman–Crippen MR) is 287 cm³/mol. The molecule has 19 heteroatoms. The molecule has 0 aromatic heterocycles. The number of hydrogen-bond donors (Lipinski definition) is 5. The Balaban J connectivity index is 0.649. The number of ether oxygens (including phenoxy) is 14. The highest BCUT2D eigenvalue weighted by atomic mass is 16.7. The molecule has 0 unspecified atom stereocenters. The van der Waals surface area contributed by atoms with Crippen LogP contribution in [-0.4, -0.2) is 220 Å². The molecule has 14 aliphatic heterocycles. The van der Waals surface area contributed by atoms with Gasteiger partial charge < -0.3 is 91.8 Å². The molecule has 14 heterocycles. The normalized spacial score (nSPS) is 58.8. The van der Waals surface area contributed by atoms with Gasteiger partial charge in [0.15, 0.2) is 5.79 Å². The van der Waals surface area contributed by atoms with Gasteiger partial charge in [0.05, 0.1) is 152 Å². The van der Waals surface area contributed by atoms with Gasteiger partial charge in [0.2, 0.25) is 0 Å². The maximum atomic E-state index is 12.5. The largest absolute Gasteiger partial charge is 0.393 e. The van der Waals surface area contributed by atoms with E-state index in [9.17, 15) is 25.5 Å². The SMILES string of the molecule is C[C@@H]1C[C@@H]2O[C@@H]3C[C@H](O)[C@]4(C)O[C@@H]5CC[C@@H]6O[C@](O)(CO)CC[C@@]6(C)O[C@@]5(C)C[C@H]4O[C@H]3C[C@H]2O[C@H]2C[C@H]3O[C@H]4C/C=C/C[C@H]5O[C@H]6C=C[C@H]7O[C@H]8C[C@H]9OCC[C@H](O)C[C@@H]9O[C@@H]8C[C@@H]7O[C@@H]6C/C=C\[C@@H]5O[C@@H]4C[C@@H](O)[C@]3(C)O[C@@H]2C1. The molecule has 5 N–H and O–H groups in total. The van der Waals surface area contributed by atoms with Gasteiger partial charge in [-0.05, 0) is 91.4 Å². The van der Waals surface area contributed by atoms with Gasteiger partial charge in [-0.25, -0.2) is 0 Å². The molecule has 14 aliphatic rings. The molecule has 0 aromatic carbocycles. The van der Waals surface area contributed by atoms with E-state index in [-0.39, 0.29) is 110 Å². The van der Waals surface area contributed by atoms with Gasteiger partial charge in [-0.15, -0.1) is 0 Å². The van der Waals surface area contributed by atoms with Crippen molar-refractivity contribution >= 4 is 0 Å². The highest BCUT2D eigenvalue weighted by Crippen LogP contribution is 2.54. The molecule has 0 radical (unpaired) electrons. The van der Waals surface area contributed by atoms with E-state index in [0.29, 0.717) is 96.5 Å². The lowest BCUT2D eigenvalue weighted by Crippen LogP contribution is -2.66. The molecule has 81 heavy (non-hydrogen) atoms. The first-order valence-electron chi connectivity index (χ1n) is 31.5. The van der Waals surface area contributed by atoms with Crippen LogP contribution in [-0.2, 0) is 66.3 Å². The van der Waals surface area contributed by atoms with Gasteiger partial charge in [0.25, 0.3) is 0 Å². The van der Waals surface area contributed by atoms with Crippen LogP contribution in [0.5, 0.6) is 0 Å². The molecular weight excluding hydrogens is 1050 g/mol. The van der Waals surface area contributed by atoms with E-state index in [0.717, 1.165) is 19.3 Å². The van der Waals surface area contributed by atoms with Crippen LogP contribution < -0.4 is 0 Å². The number of hydrogen-bond acceptors (Lipinski definition) is 19. The lowest BCUT2D eigenvalue weighted by Gasteiger charge is -2.55. The Labute approximate surface area is 476 Å². The van der Waals surface area contributed by atoms with E-state index < -0.39 is 89.7 Å². The fraction of sp³-hybridized carbons (Fsp3) is 0.903. The maximum Gasteiger partial charge on any atom is 0.189 e. The molecule has 454 valence electrons. The summed E-state index contributed by atoms with van der Waals surface area (Å²) in [5.74, 6) is -1.40. The molecule has 31 atom stereocenters. The minimum atomic E-state index is -1.61. The molecule has 14 rings (SSSR count). The average Bonchev–Trinajstić information content (AvgIpc) is 3.83. The van der Waals surface area contributed by atoms with Crippen LogP contribution in [0.15, 0.2) is 36.5 Å². The van der Waals surface area contributed by atoms with Crippen LogP contribution in [0.4, 0.5) is 0 Å². The monoisotopic (exact) mass is 1140 g/mol. The van der Waals surface area contributed by atoms with E-state index in [4.69, 9.17) is 66.3 Å². The topological polar surface area (TPSA) is 230 Å². The van der Waals surface area contributed by atoms with Crippen molar-refractivity contribution in [2.24, 2.45) is 5.92 Å². The van der Waals surface area contributed by atoms with Crippen LogP contribution >= 0.6 is 0 Å². The van der Waals surface area contributed by atoms with Crippen molar-refractivity contribution in [1.29, 1.82) is 0 Å². The fourth-order valence-corrected chi connectivity index (χ4v) is 17.3. The Kier molecular flexibility index (Phi) is 15.5. The van der Waals surface area contributed by atoms with Gasteiger partial charge in [-0.3, -0.25) is 0 Å². The summed E-state index contributed by atoms with van der Waals surface area (Å²) in [5.41, 5.74) is -3.58. The molecule has 0 spiro atoms. The van der Waals surface area contributed by atoms with Gasteiger partial charge in [-0.2, -0.15) is 0 Å². The Bertz CT molecular complexity index is 2340. The first-order valence-corrected chi connectivity index (χ1v) is 31.5. The lowest BCUT2D eigenvalue weighted by atomic mass is 9.76. The molecule has 19 nitrogen and oxygen atoms in total. The molecule has 0 saturated carbocycles. The van der Waals surface area contributed by atoms with E-state index in [2.05, 4.69) is 50.3 Å². The summed E-state index contributed by atoms with van der Waals surface area (Å²) in [6.45, 7) is 10.4. The summed E-state index contributed by atoms with van der Waals surface area (Å²) in [6, 6.07) is 0. The quantitative estimate of drug-likeness (QED) is 0.225. The van der Waals surface area contributed by atoms with Crippen LogP contribution in [0.25, 0.3) is 0 Å². The average molecular weight is 1140 g/mol. The van der Waals surface area contributed by atoms with E-state index in [1.165, 1.54) is 0 Å². The Morgan fingerprint density at radius 2 is 0.951 bits per heavy atom. The van der Waals surface area contributed by atoms with Gasteiger partial charge in [0, 0.05) is 64.4 Å². The van der Waals surface area contributed by atoms with Crippen LogP contribution in [0.3, 0.4) is 0 Å². The van der Waals surface area contributed by atoms with E-state index in [1.807, 2.05) is 20.8 Å². The first kappa shape index (κ1) is 57.2. The molecular formula is C62H92O19. The third-order valence-electron chi connectivity index (χ3n) is 22.2. The third-order valence-corrected chi connectivity index (χ3v) is 22.2. The summed E-state index contributed by atoms with van der Waals surface area (Å²) in [4.78, 5) is 0. The molecule has 0 aliphatic carbocycles. The summed E-state index contributed by atoms with van der Waals surface area (Å²) >= 11 is 0. The smallest absolute Gasteiger partial charge is 0.189 e. The predicted octanol–water partition coefficient (Wildman–Crippen LogP) is 4.64. The zero-order valence-electron chi connectivity index (χ0n) is 48.1. The van der Waals surface area contributed by atoms with Crippen molar-refractivity contribution in [3.05, 3.63) is 36.5 Å². The lowest BCUT2D eigenvalue weighted by molar-refractivity contribution is -0.347. The highest BCUT2D eigenvalue weighted by molar-refractivity contribution is 5.15. The minimum Gasteiger partial charge on any atom is -0.393 e. The first-order chi connectivity index (χ1) is 38.8. The van der Waals surface area contributed by atoms with E-state index in [1.54, 1.807) is 0 Å². The molecule has 0 amide bonds. The number of aliphatic hydroxyl groups excluding tert-OH is 4. The zero-order valence-corrected chi connectivity index (χ0v) is 48.1. The van der Waals surface area contributed by atoms with Crippen LogP contribution in [0, 0.1) is 5.92 Å². The number of fused-ring (bicyclic) bond motifs is 13. The second-order valence-corrected chi connectivity index (χ2v) is 28.0. The third kappa shape index (κ3) is 10.7. The van der Waals surface area contributed by atoms with Crippen molar-refractivity contribution in [3.63, 3.8) is 0 Å². The van der Waals surface area contributed by atoms with Crippen molar-refractivity contribution in [1.82, 2.24) is 0 Å². The van der Waals surface area contributed by atoms with Crippen LogP contribution in [0.2, 0.25) is 0 Å². The van der Waals surface area contributed by atoms with Gasteiger partial charge >= 0.3 is 0 Å².